The Hall–Kier alpha value is -2.77. The minimum Gasteiger partial charge on any atom is -0.333 e. The van der Waals surface area contributed by atoms with E-state index in [2.05, 4.69) is 26.1 Å². The number of anilines is 1. The summed E-state index contributed by atoms with van der Waals surface area (Å²) in [5, 5.41) is 8.31. The Balaban J connectivity index is 1.74. The summed E-state index contributed by atoms with van der Waals surface area (Å²) in [7, 11) is 0. The van der Waals surface area contributed by atoms with Gasteiger partial charge in [0.15, 0.2) is 0 Å². The number of amides is 2. The van der Waals surface area contributed by atoms with E-state index in [1.54, 1.807) is 21.7 Å². The molecule has 0 saturated heterocycles. The average molecular weight is 499 g/mol. The van der Waals surface area contributed by atoms with E-state index in [1.807, 2.05) is 55.5 Å². The number of hydrogen-bond acceptors (Lipinski definition) is 4. The quantitative estimate of drug-likeness (QED) is 0.379. The first-order valence-corrected chi connectivity index (χ1v) is 12.7. The zero-order valence-electron chi connectivity index (χ0n) is 20.0. The second kappa shape index (κ2) is 11.6. The van der Waals surface area contributed by atoms with Crippen molar-refractivity contribution in [3.63, 3.8) is 0 Å². The molecular formula is C26H31ClN4O2S. The average Bonchev–Trinajstić information content (AvgIpc) is 3.22. The van der Waals surface area contributed by atoms with Gasteiger partial charge in [-0.2, -0.15) is 5.10 Å². The Morgan fingerprint density at radius 3 is 2.38 bits per heavy atom. The Morgan fingerprint density at radius 2 is 1.76 bits per heavy atom. The summed E-state index contributed by atoms with van der Waals surface area (Å²) < 4.78 is 1.70. The molecule has 180 valence electrons. The van der Waals surface area contributed by atoms with Crippen molar-refractivity contribution in [1.29, 1.82) is 0 Å². The summed E-state index contributed by atoms with van der Waals surface area (Å²) in [5.74, 6) is 0.517. The van der Waals surface area contributed by atoms with E-state index in [0.717, 1.165) is 22.7 Å². The van der Waals surface area contributed by atoms with E-state index in [-0.39, 0.29) is 29.5 Å². The van der Waals surface area contributed by atoms with Gasteiger partial charge in [-0.3, -0.25) is 9.59 Å². The molecule has 0 radical (unpaired) electrons. The summed E-state index contributed by atoms with van der Waals surface area (Å²) in [6.07, 6.45) is 0.770. The highest BCUT2D eigenvalue weighted by atomic mass is 35.5. The largest absolute Gasteiger partial charge is 0.333 e. The van der Waals surface area contributed by atoms with E-state index in [0.29, 0.717) is 17.4 Å². The van der Waals surface area contributed by atoms with Crippen LogP contribution in [0.4, 0.5) is 5.82 Å². The summed E-state index contributed by atoms with van der Waals surface area (Å²) >= 11 is 7.52. The normalized spacial score (nSPS) is 11.3. The molecule has 2 aromatic carbocycles. The van der Waals surface area contributed by atoms with Gasteiger partial charge in [-0.05, 0) is 42.8 Å². The molecule has 6 nitrogen and oxygen atoms in total. The molecule has 0 aliphatic rings. The summed E-state index contributed by atoms with van der Waals surface area (Å²) in [6.45, 7) is 8.70. The Labute approximate surface area is 210 Å². The SMILES string of the molecule is CCCN(CC(=O)Nc1cc(C(C)(C)C)nn1-c1ccc(Cl)cc1)C(=O)CSc1ccccc1. The van der Waals surface area contributed by atoms with Crippen LogP contribution >= 0.6 is 23.4 Å². The van der Waals surface area contributed by atoms with Crippen molar-refractivity contribution in [1.82, 2.24) is 14.7 Å². The lowest BCUT2D eigenvalue weighted by Crippen LogP contribution is -2.39. The van der Waals surface area contributed by atoms with Crippen LogP contribution in [0, 0.1) is 0 Å². The number of halogens is 1. The highest BCUT2D eigenvalue weighted by Gasteiger charge is 2.23. The Kier molecular flexibility index (Phi) is 8.80. The molecule has 2 amide bonds. The van der Waals surface area contributed by atoms with Gasteiger partial charge >= 0.3 is 0 Å². The van der Waals surface area contributed by atoms with Crippen LogP contribution in [0.15, 0.2) is 65.6 Å². The third-order valence-corrected chi connectivity index (χ3v) is 6.35. The van der Waals surface area contributed by atoms with Gasteiger partial charge in [-0.1, -0.05) is 57.5 Å². The maximum atomic E-state index is 13.0. The van der Waals surface area contributed by atoms with E-state index >= 15 is 0 Å². The van der Waals surface area contributed by atoms with Crippen molar-refractivity contribution in [3.05, 3.63) is 71.4 Å². The molecular weight excluding hydrogens is 468 g/mol. The van der Waals surface area contributed by atoms with E-state index in [4.69, 9.17) is 16.7 Å². The number of nitrogens with zero attached hydrogens (tertiary/aromatic N) is 3. The number of carbonyl (C=O) groups is 2. The molecule has 0 aliphatic heterocycles. The van der Waals surface area contributed by atoms with Crippen molar-refractivity contribution >= 4 is 41.0 Å². The third-order valence-electron chi connectivity index (χ3n) is 5.10. The second-order valence-electron chi connectivity index (χ2n) is 9.02. The molecule has 0 spiro atoms. The topological polar surface area (TPSA) is 67.2 Å². The third kappa shape index (κ3) is 7.11. The van der Waals surface area contributed by atoms with Crippen molar-refractivity contribution in [2.45, 2.75) is 44.4 Å². The molecule has 0 unspecified atom stereocenters. The first kappa shape index (κ1) is 25.8. The highest BCUT2D eigenvalue weighted by molar-refractivity contribution is 8.00. The molecule has 0 fully saturated rings. The monoisotopic (exact) mass is 498 g/mol. The molecule has 0 saturated carbocycles. The Morgan fingerprint density at radius 1 is 1.09 bits per heavy atom. The van der Waals surface area contributed by atoms with Crippen LogP contribution in [0.25, 0.3) is 5.69 Å². The number of aromatic nitrogens is 2. The smallest absolute Gasteiger partial charge is 0.245 e. The molecule has 1 N–H and O–H groups in total. The van der Waals surface area contributed by atoms with Crippen LogP contribution in [0.2, 0.25) is 5.02 Å². The minimum atomic E-state index is -0.262. The standard InChI is InChI=1S/C26H31ClN4O2S/c1-5-15-30(25(33)18-34-21-9-7-6-8-10-21)17-24(32)28-23-16-22(26(2,3)4)29-31(23)20-13-11-19(27)12-14-20/h6-14,16H,5,15,17-18H2,1-4H3,(H,28,32). The molecule has 0 bridgehead atoms. The van der Waals surface area contributed by atoms with Gasteiger partial charge in [-0.25, -0.2) is 4.68 Å². The zero-order chi connectivity index (χ0) is 24.7. The lowest BCUT2D eigenvalue weighted by molar-refractivity contribution is -0.132. The first-order chi connectivity index (χ1) is 16.2. The number of benzene rings is 2. The maximum absolute atomic E-state index is 13.0. The van der Waals surface area contributed by atoms with Crippen LogP contribution in [0.1, 0.15) is 39.8 Å². The molecule has 3 aromatic rings. The summed E-state index contributed by atoms with van der Waals surface area (Å²) in [5.41, 5.74) is 1.44. The van der Waals surface area contributed by atoms with Crippen LogP contribution in [0.5, 0.6) is 0 Å². The number of rotatable bonds is 9. The molecule has 1 heterocycles. The predicted octanol–water partition coefficient (Wildman–Crippen LogP) is 5.79. The van der Waals surface area contributed by atoms with Crippen molar-refractivity contribution in [3.8, 4) is 5.69 Å². The fraction of sp³-hybridized carbons (Fsp3) is 0.346. The van der Waals surface area contributed by atoms with Gasteiger partial charge in [0.05, 0.1) is 23.7 Å². The van der Waals surface area contributed by atoms with Crippen LogP contribution in [-0.2, 0) is 15.0 Å². The molecule has 0 aliphatic carbocycles. The summed E-state index contributed by atoms with van der Waals surface area (Å²) in [6, 6.07) is 18.9. The number of nitrogens with one attached hydrogen (secondary N) is 1. The van der Waals surface area contributed by atoms with Crippen LogP contribution in [-0.4, -0.2) is 45.3 Å². The van der Waals surface area contributed by atoms with Crippen molar-refractivity contribution < 1.29 is 9.59 Å². The van der Waals surface area contributed by atoms with Gasteiger partial charge in [0.2, 0.25) is 11.8 Å². The van der Waals surface area contributed by atoms with Crippen molar-refractivity contribution in [2.75, 3.05) is 24.2 Å². The maximum Gasteiger partial charge on any atom is 0.245 e. The summed E-state index contributed by atoms with van der Waals surface area (Å²) in [4.78, 5) is 28.5. The van der Waals surface area contributed by atoms with Crippen LogP contribution in [0.3, 0.4) is 0 Å². The van der Waals surface area contributed by atoms with E-state index in [9.17, 15) is 9.59 Å². The second-order valence-corrected chi connectivity index (χ2v) is 10.5. The number of carbonyl (C=O) groups excluding carboxylic acids is 2. The van der Waals surface area contributed by atoms with Crippen LogP contribution < -0.4 is 5.32 Å². The Bertz CT molecular complexity index is 1110. The molecule has 34 heavy (non-hydrogen) atoms. The lowest BCUT2D eigenvalue weighted by Gasteiger charge is -2.21. The predicted molar refractivity (Wildman–Crippen MR) is 140 cm³/mol. The molecule has 0 atom stereocenters. The van der Waals surface area contributed by atoms with Gasteiger partial charge in [-0.15, -0.1) is 11.8 Å². The molecule has 8 heteroatoms. The highest BCUT2D eigenvalue weighted by Crippen LogP contribution is 2.27. The first-order valence-electron chi connectivity index (χ1n) is 11.3. The number of thioether (sulfide) groups is 1. The number of hydrogen-bond donors (Lipinski definition) is 1. The zero-order valence-corrected chi connectivity index (χ0v) is 21.6. The fourth-order valence-corrected chi connectivity index (χ4v) is 4.23. The van der Waals surface area contributed by atoms with Gasteiger partial charge < -0.3 is 10.2 Å². The van der Waals surface area contributed by atoms with Gasteiger partial charge in [0.25, 0.3) is 0 Å². The molecule has 3 rings (SSSR count). The molecule has 1 aromatic heterocycles. The van der Waals surface area contributed by atoms with Gasteiger partial charge in [0.1, 0.15) is 5.82 Å². The van der Waals surface area contributed by atoms with Crippen molar-refractivity contribution in [2.24, 2.45) is 0 Å². The van der Waals surface area contributed by atoms with E-state index in [1.165, 1.54) is 11.8 Å². The lowest BCUT2D eigenvalue weighted by atomic mass is 9.92. The fourth-order valence-electron chi connectivity index (χ4n) is 3.29. The minimum absolute atomic E-state index is 0.0152. The van der Waals surface area contributed by atoms with Gasteiger partial charge in [0, 0.05) is 27.9 Å². The van der Waals surface area contributed by atoms with E-state index < -0.39 is 0 Å².